The van der Waals surface area contributed by atoms with Crippen LogP contribution in [0, 0.1) is 0 Å². The first-order chi connectivity index (χ1) is 11.2. The van der Waals surface area contributed by atoms with Crippen LogP contribution in [0.4, 0.5) is 0 Å². The van der Waals surface area contributed by atoms with E-state index in [1.807, 2.05) is 36.2 Å². The Morgan fingerprint density at radius 3 is 2.75 bits per heavy atom. The third-order valence-corrected chi connectivity index (χ3v) is 5.44. The van der Waals surface area contributed by atoms with Gasteiger partial charge in [0.05, 0.1) is 7.11 Å². The van der Waals surface area contributed by atoms with E-state index in [0.29, 0.717) is 16.7 Å². The van der Waals surface area contributed by atoms with E-state index in [1.54, 1.807) is 7.11 Å². The van der Waals surface area contributed by atoms with Crippen molar-refractivity contribution < 1.29 is 9.53 Å². The summed E-state index contributed by atoms with van der Waals surface area (Å²) in [4.78, 5) is 16.6. The van der Waals surface area contributed by atoms with Gasteiger partial charge < -0.3 is 15.0 Å². The van der Waals surface area contributed by atoms with Gasteiger partial charge in [-0.1, -0.05) is 30.3 Å². The molecule has 3 rings (SSSR count). The maximum atomic E-state index is 12.9. The van der Waals surface area contributed by atoms with E-state index in [0.717, 1.165) is 36.4 Å². The van der Waals surface area contributed by atoms with Gasteiger partial charge in [-0.3, -0.25) is 4.79 Å². The maximum Gasteiger partial charge on any atom is 0.267 e. The van der Waals surface area contributed by atoms with Gasteiger partial charge in [0, 0.05) is 24.0 Å². The van der Waals surface area contributed by atoms with Crippen molar-refractivity contribution in [2.45, 2.75) is 18.9 Å². The molecule has 24 heavy (non-hydrogen) atoms. The lowest BCUT2D eigenvalue weighted by atomic mass is 10.1. The van der Waals surface area contributed by atoms with E-state index in [1.165, 1.54) is 11.3 Å². The number of hydrogen-bond donors (Lipinski definition) is 1. The minimum absolute atomic E-state index is 0. The van der Waals surface area contributed by atoms with Crippen LogP contribution >= 0.6 is 23.7 Å². The van der Waals surface area contributed by atoms with Crippen LogP contribution in [0.15, 0.2) is 36.4 Å². The van der Waals surface area contributed by atoms with Gasteiger partial charge >= 0.3 is 0 Å². The molecule has 1 saturated heterocycles. The van der Waals surface area contributed by atoms with Crippen molar-refractivity contribution >= 4 is 29.7 Å². The molecule has 2 heterocycles. The quantitative estimate of drug-likeness (QED) is 0.897. The van der Waals surface area contributed by atoms with Gasteiger partial charge in [-0.15, -0.1) is 23.7 Å². The molecule has 0 bridgehead atoms. The number of nitrogens with one attached hydrogen (secondary N) is 1. The standard InChI is InChI=1S/C18H22N2O2S.ClH/c1-19-14-9-6-10-20(12-14)18(21)17-15(22-2)11-16(23-17)13-7-4-3-5-8-13;/h3-5,7-8,11,14,19H,6,9-10,12H2,1-2H3;1H. The largest absolute Gasteiger partial charge is 0.495 e. The second-order valence-electron chi connectivity index (χ2n) is 5.75. The molecule has 1 N–H and O–H groups in total. The summed E-state index contributed by atoms with van der Waals surface area (Å²) in [5, 5.41) is 3.28. The summed E-state index contributed by atoms with van der Waals surface area (Å²) in [5.74, 6) is 0.749. The lowest BCUT2D eigenvalue weighted by Gasteiger charge is -2.32. The normalized spacial score (nSPS) is 17.2. The van der Waals surface area contributed by atoms with Crippen molar-refractivity contribution in [2.75, 3.05) is 27.2 Å². The first-order valence-electron chi connectivity index (χ1n) is 7.92. The molecule has 0 spiro atoms. The number of likely N-dealkylation sites (tertiary alicyclic amines) is 1. The van der Waals surface area contributed by atoms with Crippen LogP contribution in [-0.4, -0.2) is 44.1 Å². The fourth-order valence-corrected chi connectivity index (χ4v) is 4.06. The number of carbonyl (C=O) groups is 1. The minimum Gasteiger partial charge on any atom is -0.495 e. The topological polar surface area (TPSA) is 41.6 Å². The molecule has 1 aromatic heterocycles. The zero-order valence-electron chi connectivity index (χ0n) is 14.0. The molecule has 1 amide bonds. The van der Waals surface area contributed by atoms with Crippen LogP contribution in [0.1, 0.15) is 22.5 Å². The third-order valence-electron chi connectivity index (χ3n) is 4.29. The fraction of sp³-hybridized carbons (Fsp3) is 0.389. The third kappa shape index (κ3) is 3.91. The number of hydrogen-bond acceptors (Lipinski definition) is 4. The van der Waals surface area contributed by atoms with Crippen molar-refractivity contribution in [1.82, 2.24) is 10.2 Å². The molecule has 2 aromatic rings. The zero-order chi connectivity index (χ0) is 16.2. The monoisotopic (exact) mass is 366 g/mol. The summed E-state index contributed by atoms with van der Waals surface area (Å²) in [7, 11) is 3.58. The number of methoxy groups -OCH3 is 1. The Morgan fingerprint density at radius 1 is 1.33 bits per heavy atom. The molecule has 0 radical (unpaired) electrons. The number of likely N-dealkylation sites (N-methyl/N-ethyl adjacent to an activating group) is 1. The second-order valence-corrected chi connectivity index (χ2v) is 6.81. The number of benzene rings is 1. The average Bonchev–Trinajstić information content (AvgIpc) is 3.06. The first-order valence-corrected chi connectivity index (χ1v) is 8.74. The van der Waals surface area contributed by atoms with Crippen molar-refractivity contribution in [3.05, 3.63) is 41.3 Å². The van der Waals surface area contributed by atoms with Crippen molar-refractivity contribution in [1.29, 1.82) is 0 Å². The van der Waals surface area contributed by atoms with Crippen LogP contribution in [0.25, 0.3) is 10.4 Å². The highest BCUT2D eigenvalue weighted by Gasteiger charge is 2.27. The van der Waals surface area contributed by atoms with E-state index in [9.17, 15) is 4.79 Å². The molecule has 1 atom stereocenters. The Kier molecular flexibility index (Phi) is 6.66. The van der Waals surface area contributed by atoms with Gasteiger partial charge in [-0.25, -0.2) is 0 Å². The predicted octanol–water partition coefficient (Wildman–Crippen LogP) is 3.67. The zero-order valence-corrected chi connectivity index (χ0v) is 15.6. The molecule has 6 heteroatoms. The number of piperidine rings is 1. The average molecular weight is 367 g/mol. The lowest BCUT2D eigenvalue weighted by molar-refractivity contribution is 0.0700. The van der Waals surface area contributed by atoms with Crippen molar-refractivity contribution in [2.24, 2.45) is 0 Å². The maximum absolute atomic E-state index is 12.9. The van der Waals surface area contributed by atoms with Crippen LogP contribution in [0.2, 0.25) is 0 Å². The Bertz CT molecular complexity index is 675. The number of ether oxygens (including phenoxy) is 1. The molecule has 1 aliphatic rings. The molecule has 4 nitrogen and oxygen atoms in total. The fourth-order valence-electron chi connectivity index (χ4n) is 2.96. The lowest BCUT2D eigenvalue weighted by Crippen LogP contribution is -2.46. The van der Waals surface area contributed by atoms with Crippen LogP contribution in [0.3, 0.4) is 0 Å². The summed E-state index contributed by atoms with van der Waals surface area (Å²) >= 11 is 1.51. The summed E-state index contributed by atoms with van der Waals surface area (Å²) in [6.07, 6.45) is 2.16. The SMILES string of the molecule is CNC1CCCN(C(=O)c2sc(-c3ccccc3)cc2OC)C1.Cl. The van der Waals surface area contributed by atoms with Gasteiger partial charge in [0.25, 0.3) is 5.91 Å². The van der Waals surface area contributed by atoms with Gasteiger partial charge in [0.1, 0.15) is 10.6 Å². The molecule has 1 unspecified atom stereocenters. The Hall–Kier alpha value is -1.56. The van der Waals surface area contributed by atoms with Crippen molar-refractivity contribution in [3.63, 3.8) is 0 Å². The summed E-state index contributed by atoms with van der Waals surface area (Å²) in [6.45, 7) is 1.58. The molecule has 0 saturated carbocycles. The molecule has 0 aliphatic carbocycles. The Labute approximate surface area is 153 Å². The highest BCUT2D eigenvalue weighted by atomic mass is 35.5. The summed E-state index contributed by atoms with van der Waals surface area (Å²) < 4.78 is 5.46. The molecule has 1 fully saturated rings. The molecule has 1 aliphatic heterocycles. The smallest absolute Gasteiger partial charge is 0.267 e. The van der Waals surface area contributed by atoms with Gasteiger partial charge in [0.2, 0.25) is 0 Å². The molecule has 1 aromatic carbocycles. The molecular weight excluding hydrogens is 344 g/mol. The van der Waals surface area contributed by atoms with Gasteiger partial charge in [-0.2, -0.15) is 0 Å². The number of carbonyl (C=O) groups excluding carboxylic acids is 1. The van der Waals surface area contributed by atoms with Crippen LogP contribution < -0.4 is 10.1 Å². The van der Waals surface area contributed by atoms with Crippen LogP contribution in [0.5, 0.6) is 5.75 Å². The summed E-state index contributed by atoms with van der Waals surface area (Å²) in [5.41, 5.74) is 1.11. The van der Waals surface area contributed by atoms with Gasteiger partial charge in [0.15, 0.2) is 0 Å². The Balaban J connectivity index is 0.00000208. The summed E-state index contributed by atoms with van der Waals surface area (Å²) in [6, 6.07) is 12.5. The van der Waals surface area contributed by atoms with E-state index < -0.39 is 0 Å². The second kappa shape index (κ2) is 8.51. The highest BCUT2D eigenvalue weighted by molar-refractivity contribution is 7.17. The first kappa shape index (κ1) is 18.8. The van der Waals surface area contributed by atoms with E-state index in [-0.39, 0.29) is 18.3 Å². The number of nitrogens with zero attached hydrogens (tertiary/aromatic N) is 1. The number of halogens is 1. The minimum atomic E-state index is 0. The van der Waals surface area contributed by atoms with E-state index >= 15 is 0 Å². The number of amides is 1. The van der Waals surface area contributed by atoms with E-state index in [4.69, 9.17) is 4.74 Å². The Morgan fingerprint density at radius 2 is 2.08 bits per heavy atom. The van der Waals surface area contributed by atoms with Crippen LogP contribution in [-0.2, 0) is 0 Å². The molecular formula is C18H23ClN2O2S. The van der Waals surface area contributed by atoms with E-state index in [2.05, 4.69) is 17.4 Å². The number of thiophene rings is 1. The number of rotatable bonds is 4. The molecule has 130 valence electrons. The van der Waals surface area contributed by atoms with Crippen molar-refractivity contribution in [3.8, 4) is 16.2 Å². The van der Waals surface area contributed by atoms with Gasteiger partial charge in [-0.05, 0) is 31.5 Å². The highest BCUT2D eigenvalue weighted by Crippen LogP contribution is 2.37. The predicted molar refractivity (Wildman–Crippen MR) is 102 cm³/mol.